The summed E-state index contributed by atoms with van der Waals surface area (Å²) in [6.07, 6.45) is 7.06. The highest BCUT2D eigenvalue weighted by molar-refractivity contribution is 7.92. The Bertz CT molecular complexity index is 1220. The molecule has 0 aromatic heterocycles. The van der Waals surface area contributed by atoms with Crippen LogP contribution in [-0.2, 0) is 26.2 Å². The number of carbonyl (C=O) groups excluding carboxylic acids is 2. The molecule has 1 N–H and O–H groups in total. The molecule has 2 aromatic rings. The van der Waals surface area contributed by atoms with Gasteiger partial charge in [-0.25, -0.2) is 8.42 Å². The number of aryl methyl sites for hydroxylation is 2. The highest BCUT2D eigenvalue weighted by atomic mass is 32.2. The first kappa shape index (κ1) is 29.7. The number of benzene rings is 2. The Morgan fingerprint density at radius 3 is 2.37 bits per heavy atom. The van der Waals surface area contributed by atoms with E-state index in [1.807, 2.05) is 57.2 Å². The van der Waals surface area contributed by atoms with Crippen molar-refractivity contribution in [2.75, 3.05) is 17.1 Å². The van der Waals surface area contributed by atoms with Crippen LogP contribution in [0.4, 0.5) is 5.69 Å². The minimum Gasteiger partial charge on any atom is -0.352 e. The van der Waals surface area contributed by atoms with Crippen LogP contribution in [0.15, 0.2) is 42.5 Å². The molecule has 0 saturated heterocycles. The van der Waals surface area contributed by atoms with Gasteiger partial charge < -0.3 is 10.2 Å². The van der Waals surface area contributed by atoms with Crippen LogP contribution in [0, 0.1) is 20.8 Å². The molecule has 8 heteroatoms. The Morgan fingerprint density at radius 1 is 1.03 bits per heavy atom. The van der Waals surface area contributed by atoms with Crippen molar-refractivity contribution >= 4 is 27.5 Å². The molecule has 2 aromatic carbocycles. The summed E-state index contributed by atoms with van der Waals surface area (Å²) in [5.74, 6) is -0.293. The predicted octanol–water partition coefficient (Wildman–Crippen LogP) is 5.02. The number of hydrogen-bond acceptors (Lipinski definition) is 4. The third kappa shape index (κ3) is 8.06. The van der Waals surface area contributed by atoms with E-state index in [0.717, 1.165) is 47.9 Å². The van der Waals surface area contributed by atoms with Gasteiger partial charge in [-0.3, -0.25) is 13.9 Å². The monoisotopic (exact) mass is 541 g/mol. The molecule has 2 amide bonds. The molecule has 0 radical (unpaired) electrons. The number of nitrogens with zero attached hydrogens (tertiary/aromatic N) is 2. The van der Waals surface area contributed by atoms with Gasteiger partial charge in [-0.1, -0.05) is 61.2 Å². The predicted molar refractivity (Wildman–Crippen MR) is 154 cm³/mol. The van der Waals surface area contributed by atoms with Crippen LogP contribution >= 0.6 is 0 Å². The SMILES string of the molecule is Cc1cccc(CN(C(=O)CCCN(c2cccc(C)c2C)S(C)(=O)=O)C(C)C(=O)NC2CCCCC2)c1. The summed E-state index contributed by atoms with van der Waals surface area (Å²) in [6.45, 7) is 8.16. The van der Waals surface area contributed by atoms with Crippen LogP contribution in [0.3, 0.4) is 0 Å². The zero-order chi connectivity index (χ0) is 27.9. The van der Waals surface area contributed by atoms with E-state index in [9.17, 15) is 18.0 Å². The van der Waals surface area contributed by atoms with Gasteiger partial charge in [-0.05, 0) is 69.7 Å². The van der Waals surface area contributed by atoms with Crippen LogP contribution in [0.5, 0.6) is 0 Å². The Balaban J connectivity index is 1.74. The summed E-state index contributed by atoms with van der Waals surface area (Å²) in [5, 5.41) is 3.16. The third-order valence-electron chi connectivity index (χ3n) is 7.55. The van der Waals surface area contributed by atoms with E-state index in [1.165, 1.54) is 17.0 Å². The largest absolute Gasteiger partial charge is 0.352 e. The van der Waals surface area contributed by atoms with Gasteiger partial charge >= 0.3 is 0 Å². The first-order valence-electron chi connectivity index (χ1n) is 13.7. The molecule has 0 aliphatic heterocycles. The van der Waals surface area contributed by atoms with Gasteiger partial charge in [-0.15, -0.1) is 0 Å². The fourth-order valence-electron chi connectivity index (χ4n) is 5.15. The first-order valence-corrected chi connectivity index (χ1v) is 15.5. The number of anilines is 1. The quantitative estimate of drug-likeness (QED) is 0.433. The van der Waals surface area contributed by atoms with Crippen LogP contribution < -0.4 is 9.62 Å². The lowest BCUT2D eigenvalue weighted by Gasteiger charge is -2.31. The maximum absolute atomic E-state index is 13.5. The van der Waals surface area contributed by atoms with E-state index < -0.39 is 16.1 Å². The fourth-order valence-corrected chi connectivity index (χ4v) is 6.16. The maximum Gasteiger partial charge on any atom is 0.242 e. The number of rotatable bonds is 11. The number of nitrogens with one attached hydrogen (secondary N) is 1. The van der Waals surface area contributed by atoms with Gasteiger partial charge in [0.1, 0.15) is 6.04 Å². The van der Waals surface area contributed by atoms with Crippen molar-refractivity contribution in [1.29, 1.82) is 0 Å². The normalized spacial score (nSPS) is 15.1. The molecule has 3 rings (SSSR count). The van der Waals surface area contributed by atoms with Crippen molar-refractivity contribution in [2.24, 2.45) is 0 Å². The average molecular weight is 542 g/mol. The van der Waals surface area contributed by atoms with Crippen molar-refractivity contribution in [3.8, 4) is 0 Å². The molecule has 1 saturated carbocycles. The second-order valence-electron chi connectivity index (χ2n) is 10.7. The van der Waals surface area contributed by atoms with E-state index >= 15 is 0 Å². The van der Waals surface area contributed by atoms with Crippen molar-refractivity contribution in [2.45, 2.75) is 91.3 Å². The summed E-state index contributed by atoms with van der Waals surface area (Å²) in [4.78, 5) is 28.4. The van der Waals surface area contributed by atoms with E-state index in [0.29, 0.717) is 18.7 Å². The summed E-state index contributed by atoms with van der Waals surface area (Å²) < 4.78 is 26.7. The molecular weight excluding hydrogens is 498 g/mol. The van der Waals surface area contributed by atoms with Crippen molar-refractivity contribution in [3.05, 3.63) is 64.7 Å². The Morgan fingerprint density at radius 2 is 1.71 bits per heavy atom. The molecule has 208 valence electrons. The molecule has 1 aliphatic carbocycles. The fraction of sp³-hybridized carbons (Fsp3) is 0.533. The van der Waals surface area contributed by atoms with Gasteiger partial charge in [0.2, 0.25) is 21.8 Å². The zero-order valence-electron chi connectivity index (χ0n) is 23.5. The number of carbonyl (C=O) groups is 2. The van der Waals surface area contributed by atoms with Gasteiger partial charge in [0.15, 0.2) is 0 Å². The summed E-state index contributed by atoms with van der Waals surface area (Å²) in [6, 6.07) is 13.1. The lowest BCUT2D eigenvalue weighted by molar-refractivity contribution is -0.141. The second kappa shape index (κ2) is 13.3. The minimum atomic E-state index is -3.53. The average Bonchev–Trinajstić information content (AvgIpc) is 2.86. The molecule has 7 nitrogen and oxygen atoms in total. The molecule has 1 fully saturated rings. The van der Waals surface area contributed by atoms with E-state index in [2.05, 4.69) is 5.32 Å². The Kier molecular flexibility index (Phi) is 10.4. The Labute approximate surface area is 228 Å². The molecule has 38 heavy (non-hydrogen) atoms. The first-order chi connectivity index (χ1) is 18.0. The van der Waals surface area contributed by atoms with E-state index in [4.69, 9.17) is 0 Å². The minimum absolute atomic E-state index is 0.133. The van der Waals surface area contributed by atoms with Gasteiger partial charge in [0, 0.05) is 25.6 Å². The molecular formula is C30H43N3O4S. The third-order valence-corrected chi connectivity index (χ3v) is 8.73. The van der Waals surface area contributed by atoms with Crippen molar-refractivity contribution in [1.82, 2.24) is 10.2 Å². The highest BCUT2D eigenvalue weighted by Crippen LogP contribution is 2.26. The van der Waals surface area contributed by atoms with E-state index in [1.54, 1.807) is 17.9 Å². The van der Waals surface area contributed by atoms with Crippen molar-refractivity contribution in [3.63, 3.8) is 0 Å². The summed E-state index contributed by atoms with van der Waals surface area (Å²) in [5.41, 5.74) is 4.60. The molecule has 1 atom stereocenters. The summed E-state index contributed by atoms with van der Waals surface area (Å²) >= 11 is 0. The van der Waals surface area contributed by atoms with Crippen LogP contribution in [0.2, 0.25) is 0 Å². The standard InChI is InChI=1S/C30H43N3O4S/c1-22-12-9-14-26(20-22)21-32(25(4)30(35)31-27-15-7-6-8-16-27)29(34)18-11-19-33(38(5,36)37)28-17-10-13-23(2)24(28)3/h9-10,12-14,17,20,25,27H,6-8,11,15-16,18-19,21H2,1-5H3,(H,31,35). The maximum atomic E-state index is 13.5. The summed E-state index contributed by atoms with van der Waals surface area (Å²) in [7, 11) is -3.53. The Hall–Kier alpha value is -2.87. The zero-order valence-corrected chi connectivity index (χ0v) is 24.3. The number of sulfonamides is 1. The number of hydrogen-bond donors (Lipinski definition) is 1. The lowest BCUT2D eigenvalue weighted by Crippen LogP contribution is -2.50. The van der Waals surface area contributed by atoms with Crippen LogP contribution in [0.1, 0.15) is 74.1 Å². The smallest absolute Gasteiger partial charge is 0.242 e. The number of amides is 2. The highest BCUT2D eigenvalue weighted by Gasteiger charge is 2.28. The van der Waals surface area contributed by atoms with Crippen LogP contribution in [-0.4, -0.2) is 50.0 Å². The van der Waals surface area contributed by atoms with Crippen LogP contribution in [0.25, 0.3) is 0 Å². The van der Waals surface area contributed by atoms with Gasteiger partial charge in [-0.2, -0.15) is 0 Å². The topological polar surface area (TPSA) is 86.8 Å². The van der Waals surface area contributed by atoms with Gasteiger partial charge in [0.05, 0.1) is 11.9 Å². The van der Waals surface area contributed by atoms with E-state index in [-0.39, 0.29) is 30.8 Å². The molecule has 0 bridgehead atoms. The lowest BCUT2D eigenvalue weighted by atomic mass is 9.95. The van der Waals surface area contributed by atoms with Gasteiger partial charge in [0.25, 0.3) is 0 Å². The molecule has 1 unspecified atom stereocenters. The molecule has 1 aliphatic rings. The van der Waals surface area contributed by atoms with Crippen molar-refractivity contribution < 1.29 is 18.0 Å². The molecule has 0 spiro atoms. The molecule has 0 heterocycles. The second-order valence-corrected chi connectivity index (χ2v) is 12.6.